The average molecular weight is 389 g/mol. The Hall–Kier alpha value is -2.76. The van der Waals surface area contributed by atoms with E-state index >= 15 is 0 Å². The molecule has 0 bridgehead atoms. The highest BCUT2D eigenvalue weighted by molar-refractivity contribution is 5.82. The Balaban J connectivity index is 1.29. The van der Waals surface area contributed by atoms with Crippen molar-refractivity contribution in [3.8, 4) is 0 Å². The third-order valence-electron chi connectivity index (χ3n) is 5.55. The first kappa shape index (κ1) is 19.6. The number of hydrogen-bond donors (Lipinski definition) is 2. The number of nitrogens with zero attached hydrogens (tertiary/aromatic N) is 2. The monoisotopic (exact) mass is 389 g/mol. The van der Waals surface area contributed by atoms with Gasteiger partial charge in [-0.25, -0.2) is 0 Å². The fourth-order valence-electron chi connectivity index (χ4n) is 3.78. The molecular formula is C24H27N3O2. The highest BCUT2D eigenvalue weighted by Crippen LogP contribution is 2.31. The molecule has 150 valence electrons. The summed E-state index contributed by atoms with van der Waals surface area (Å²) in [7, 11) is 0. The van der Waals surface area contributed by atoms with Crippen LogP contribution in [-0.4, -0.2) is 21.3 Å². The molecule has 0 fully saturated rings. The molecule has 0 aliphatic carbocycles. The molecule has 4 rings (SSSR count). The maximum absolute atomic E-state index is 10.9. The lowest BCUT2D eigenvalue weighted by atomic mass is 9.92. The summed E-state index contributed by atoms with van der Waals surface area (Å²) >= 11 is 0. The molecule has 0 radical (unpaired) electrons. The van der Waals surface area contributed by atoms with E-state index in [0.29, 0.717) is 23.7 Å². The van der Waals surface area contributed by atoms with Crippen LogP contribution in [0.15, 0.2) is 65.4 Å². The Bertz CT molecular complexity index is 1100. The summed E-state index contributed by atoms with van der Waals surface area (Å²) in [5.74, 6) is 0. The Morgan fingerprint density at radius 3 is 2.90 bits per heavy atom. The summed E-state index contributed by atoms with van der Waals surface area (Å²) in [5.41, 5.74) is 1.60. The van der Waals surface area contributed by atoms with Gasteiger partial charge in [-0.2, -0.15) is 0 Å². The SMILES string of the molecule is C[C@H](CCCC(C)(O)c1noc2ccccc12)NCc1ccc2cnccc2c1. The van der Waals surface area contributed by atoms with Gasteiger partial charge in [-0.05, 0) is 68.3 Å². The Morgan fingerprint density at radius 1 is 1.14 bits per heavy atom. The number of rotatable bonds is 8. The maximum atomic E-state index is 10.9. The van der Waals surface area contributed by atoms with E-state index in [9.17, 15) is 5.11 Å². The van der Waals surface area contributed by atoms with Crippen LogP contribution in [-0.2, 0) is 12.1 Å². The number of hydrogen-bond acceptors (Lipinski definition) is 5. The van der Waals surface area contributed by atoms with Crippen LogP contribution >= 0.6 is 0 Å². The molecule has 0 aliphatic rings. The van der Waals surface area contributed by atoms with E-state index in [1.54, 1.807) is 0 Å². The van der Waals surface area contributed by atoms with Crippen molar-refractivity contribution in [3.63, 3.8) is 0 Å². The molecular weight excluding hydrogens is 362 g/mol. The Labute approximate surface area is 170 Å². The number of aromatic nitrogens is 2. The molecule has 29 heavy (non-hydrogen) atoms. The highest BCUT2D eigenvalue weighted by Gasteiger charge is 2.29. The topological polar surface area (TPSA) is 71.2 Å². The lowest BCUT2D eigenvalue weighted by Gasteiger charge is -2.22. The predicted octanol–water partition coefficient (Wildman–Crippen LogP) is 4.93. The fraction of sp³-hybridized carbons (Fsp3) is 0.333. The van der Waals surface area contributed by atoms with E-state index < -0.39 is 5.60 Å². The molecule has 4 aromatic rings. The molecule has 0 spiro atoms. The van der Waals surface area contributed by atoms with Crippen LogP contribution < -0.4 is 5.32 Å². The first-order valence-corrected chi connectivity index (χ1v) is 10.2. The summed E-state index contributed by atoms with van der Waals surface area (Å²) < 4.78 is 5.35. The highest BCUT2D eigenvalue weighted by atomic mass is 16.5. The third kappa shape index (κ3) is 4.47. The molecule has 2 aromatic carbocycles. The van der Waals surface area contributed by atoms with E-state index in [1.807, 2.05) is 49.6 Å². The standard InChI is InChI=1S/C24H27N3O2/c1-17(26-15-18-9-10-20-16-25-13-11-19(20)14-18)6-5-12-24(2,28)23-21-7-3-4-8-22(21)29-27-23/h3-4,7-11,13-14,16-17,26,28H,5-6,12,15H2,1-2H3/t17-,24?/m1/s1. The van der Waals surface area contributed by atoms with Crippen LogP contribution in [0.4, 0.5) is 0 Å². The number of pyridine rings is 1. The minimum atomic E-state index is -1.00. The zero-order valence-electron chi connectivity index (χ0n) is 16.9. The molecule has 0 saturated heterocycles. The molecule has 2 N–H and O–H groups in total. The van der Waals surface area contributed by atoms with Gasteiger partial charge < -0.3 is 14.9 Å². The quantitative estimate of drug-likeness (QED) is 0.447. The van der Waals surface area contributed by atoms with Crippen molar-refractivity contribution >= 4 is 21.7 Å². The molecule has 2 aromatic heterocycles. The predicted molar refractivity (Wildman–Crippen MR) is 115 cm³/mol. The van der Waals surface area contributed by atoms with Crippen molar-refractivity contribution in [2.45, 2.75) is 51.3 Å². The van der Waals surface area contributed by atoms with Gasteiger partial charge in [-0.15, -0.1) is 0 Å². The normalized spacial score (nSPS) is 14.9. The third-order valence-corrected chi connectivity index (χ3v) is 5.55. The van der Waals surface area contributed by atoms with Gasteiger partial charge in [0.05, 0.1) is 0 Å². The maximum Gasteiger partial charge on any atom is 0.167 e. The fourth-order valence-corrected chi connectivity index (χ4v) is 3.78. The van der Waals surface area contributed by atoms with Gasteiger partial charge in [0.15, 0.2) is 5.58 Å². The second kappa shape index (κ2) is 8.31. The summed E-state index contributed by atoms with van der Waals surface area (Å²) in [6.45, 7) is 4.83. The van der Waals surface area contributed by atoms with E-state index in [4.69, 9.17) is 4.52 Å². The van der Waals surface area contributed by atoms with E-state index in [1.165, 1.54) is 10.9 Å². The first-order chi connectivity index (χ1) is 14.0. The van der Waals surface area contributed by atoms with Gasteiger partial charge >= 0.3 is 0 Å². The molecule has 1 unspecified atom stereocenters. The summed E-state index contributed by atoms with van der Waals surface area (Å²) in [6.07, 6.45) is 6.22. The van der Waals surface area contributed by atoms with Crippen molar-refractivity contribution in [1.29, 1.82) is 0 Å². The minimum absolute atomic E-state index is 0.355. The van der Waals surface area contributed by atoms with E-state index in [2.05, 4.69) is 40.6 Å². The number of fused-ring (bicyclic) bond motifs is 2. The van der Waals surface area contributed by atoms with Crippen LogP contribution in [0.25, 0.3) is 21.7 Å². The number of nitrogens with one attached hydrogen (secondary N) is 1. The zero-order valence-corrected chi connectivity index (χ0v) is 16.9. The lowest BCUT2D eigenvalue weighted by Crippen LogP contribution is -2.27. The Morgan fingerprint density at radius 2 is 2.00 bits per heavy atom. The molecule has 0 saturated carbocycles. The molecule has 0 amide bonds. The molecule has 5 nitrogen and oxygen atoms in total. The van der Waals surface area contributed by atoms with Crippen molar-refractivity contribution in [3.05, 3.63) is 72.2 Å². The van der Waals surface area contributed by atoms with E-state index in [0.717, 1.165) is 30.2 Å². The zero-order chi connectivity index (χ0) is 20.3. The number of aliphatic hydroxyl groups is 1. The van der Waals surface area contributed by atoms with Crippen molar-refractivity contribution in [2.24, 2.45) is 0 Å². The van der Waals surface area contributed by atoms with Crippen LogP contribution in [0.5, 0.6) is 0 Å². The molecule has 2 heterocycles. The van der Waals surface area contributed by atoms with E-state index in [-0.39, 0.29) is 0 Å². The smallest absolute Gasteiger partial charge is 0.167 e. The molecule has 0 aliphatic heterocycles. The van der Waals surface area contributed by atoms with Crippen LogP contribution in [0, 0.1) is 0 Å². The van der Waals surface area contributed by atoms with Gasteiger partial charge in [0.1, 0.15) is 11.3 Å². The van der Waals surface area contributed by atoms with Gasteiger partial charge in [0.2, 0.25) is 0 Å². The second-order valence-corrected chi connectivity index (χ2v) is 8.03. The summed E-state index contributed by atoms with van der Waals surface area (Å²) in [6, 6.07) is 16.5. The van der Waals surface area contributed by atoms with Crippen LogP contribution in [0.2, 0.25) is 0 Å². The second-order valence-electron chi connectivity index (χ2n) is 8.03. The van der Waals surface area contributed by atoms with Gasteiger partial charge in [-0.3, -0.25) is 4.98 Å². The first-order valence-electron chi connectivity index (χ1n) is 10.2. The van der Waals surface area contributed by atoms with Gasteiger partial charge in [0, 0.05) is 35.8 Å². The number of para-hydroxylation sites is 1. The van der Waals surface area contributed by atoms with Crippen LogP contribution in [0.3, 0.4) is 0 Å². The molecule has 2 atom stereocenters. The van der Waals surface area contributed by atoms with Crippen molar-refractivity contribution in [1.82, 2.24) is 15.5 Å². The largest absolute Gasteiger partial charge is 0.384 e. The van der Waals surface area contributed by atoms with Crippen molar-refractivity contribution < 1.29 is 9.63 Å². The van der Waals surface area contributed by atoms with Gasteiger partial charge in [0.25, 0.3) is 0 Å². The lowest BCUT2D eigenvalue weighted by molar-refractivity contribution is 0.0382. The summed E-state index contributed by atoms with van der Waals surface area (Å²) in [4.78, 5) is 4.16. The minimum Gasteiger partial charge on any atom is -0.384 e. The number of benzene rings is 2. The van der Waals surface area contributed by atoms with Crippen LogP contribution in [0.1, 0.15) is 44.4 Å². The average Bonchev–Trinajstić information content (AvgIpc) is 3.17. The Kier molecular flexibility index (Phi) is 5.60. The summed E-state index contributed by atoms with van der Waals surface area (Å²) in [5, 5.41) is 21.9. The van der Waals surface area contributed by atoms with Crippen molar-refractivity contribution in [2.75, 3.05) is 0 Å². The van der Waals surface area contributed by atoms with Gasteiger partial charge in [-0.1, -0.05) is 29.4 Å². The molecule has 5 heteroatoms.